The van der Waals surface area contributed by atoms with Crippen LogP contribution in [0.2, 0.25) is 0 Å². The average molecular weight is 262 g/mol. The summed E-state index contributed by atoms with van der Waals surface area (Å²) in [6, 6.07) is 6.50. The summed E-state index contributed by atoms with van der Waals surface area (Å²) in [6.07, 6.45) is 0.208. The van der Waals surface area contributed by atoms with Gasteiger partial charge in [0.2, 0.25) is 0 Å². The van der Waals surface area contributed by atoms with E-state index in [2.05, 4.69) is 57.7 Å². The topological polar surface area (TPSA) is 38.5 Å². The highest BCUT2D eigenvalue weighted by Gasteiger charge is 2.26. The van der Waals surface area contributed by atoms with Crippen molar-refractivity contribution in [2.45, 2.75) is 52.2 Å². The van der Waals surface area contributed by atoms with Crippen molar-refractivity contribution in [3.05, 3.63) is 23.8 Å². The van der Waals surface area contributed by atoms with Crippen molar-refractivity contribution < 1.29 is 4.74 Å². The van der Waals surface area contributed by atoms with Crippen molar-refractivity contribution in [2.24, 2.45) is 5.73 Å². The fourth-order valence-corrected chi connectivity index (χ4v) is 2.54. The minimum Gasteiger partial charge on any atom is -0.487 e. The van der Waals surface area contributed by atoms with Gasteiger partial charge in [0.05, 0.1) is 12.2 Å². The van der Waals surface area contributed by atoms with Gasteiger partial charge in [-0.15, -0.1) is 0 Å². The molecule has 3 heteroatoms. The van der Waals surface area contributed by atoms with Gasteiger partial charge < -0.3 is 15.4 Å². The number of hydrogen-bond donors (Lipinski definition) is 1. The molecule has 1 aliphatic heterocycles. The number of ether oxygens (including phenoxy) is 1. The maximum atomic E-state index is 6.18. The Morgan fingerprint density at radius 3 is 2.68 bits per heavy atom. The average Bonchev–Trinajstić information content (AvgIpc) is 2.25. The van der Waals surface area contributed by atoms with E-state index in [1.807, 2.05) is 0 Å². The minimum absolute atomic E-state index is 0.206. The quantitative estimate of drug-likeness (QED) is 0.909. The number of anilines is 1. The van der Waals surface area contributed by atoms with Crippen LogP contribution in [0.15, 0.2) is 18.2 Å². The number of fused-ring (bicyclic) bond motifs is 1. The number of nitrogens with zero attached hydrogens (tertiary/aromatic N) is 1. The highest BCUT2D eigenvalue weighted by Crippen LogP contribution is 2.36. The van der Waals surface area contributed by atoms with Crippen LogP contribution in [0.5, 0.6) is 5.75 Å². The van der Waals surface area contributed by atoms with Crippen molar-refractivity contribution in [3.8, 4) is 5.75 Å². The van der Waals surface area contributed by atoms with Gasteiger partial charge in [-0.1, -0.05) is 19.9 Å². The van der Waals surface area contributed by atoms with Gasteiger partial charge in [0.25, 0.3) is 0 Å². The highest BCUT2D eigenvalue weighted by atomic mass is 16.5. The van der Waals surface area contributed by atoms with Crippen molar-refractivity contribution >= 4 is 5.69 Å². The molecule has 0 fully saturated rings. The first-order valence-electron chi connectivity index (χ1n) is 7.11. The molecule has 19 heavy (non-hydrogen) atoms. The van der Waals surface area contributed by atoms with E-state index < -0.39 is 0 Å². The lowest BCUT2D eigenvalue weighted by atomic mass is 10.00. The summed E-state index contributed by atoms with van der Waals surface area (Å²) < 4.78 is 5.93. The van der Waals surface area contributed by atoms with Gasteiger partial charge in [0.1, 0.15) is 11.9 Å². The van der Waals surface area contributed by atoms with E-state index in [9.17, 15) is 0 Å². The van der Waals surface area contributed by atoms with Crippen LogP contribution in [-0.2, 0) is 0 Å². The Morgan fingerprint density at radius 2 is 2.11 bits per heavy atom. The van der Waals surface area contributed by atoms with Crippen LogP contribution in [0.1, 0.15) is 46.1 Å². The standard InChI is InChI=1S/C16H26N2O/c1-11(2)13-6-7-15-14(8-13)18(9-12(3)19-15)10-16(4,5)17/h6-8,11-12H,9-10,17H2,1-5H3. The molecule has 0 amide bonds. The monoisotopic (exact) mass is 262 g/mol. The second-order valence-corrected chi connectivity index (χ2v) is 6.68. The molecular weight excluding hydrogens is 236 g/mol. The summed E-state index contributed by atoms with van der Waals surface area (Å²) in [5.41, 5.74) is 8.51. The van der Waals surface area contributed by atoms with Crippen LogP contribution < -0.4 is 15.4 Å². The largest absolute Gasteiger partial charge is 0.487 e. The summed E-state index contributed by atoms with van der Waals surface area (Å²) in [4.78, 5) is 2.36. The zero-order valence-electron chi connectivity index (χ0n) is 12.7. The molecule has 1 unspecified atom stereocenters. The smallest absolute Gasteiger partial charge is 0.143 e. The molecule has 1 aromatic rings. The predicted molar refractivity (Wildman–Crippen MR) is 81.1 cm³/mol. The van der Waals surface area contributed by atoms with Crippen LogP contribution in [0, 0.1) is 0 Å². The molecule has 2 N–H and O–H groups in total. The molecular formula is C16H26N2O. The molecule has 0 spiro atoms. The molecule has 0 bridgehead atoms. The second-order valence-electron chi connectivity index (χ2n) is 6.68. The van der Waals surface area contributed by atoms with Gasteiger partial charge in [0, 0.05) is 12.1 Å². The molecule has 1 heterocycles. The Bertz CT molecular complexity index is 449. The molecule has 0 aromatic heterocycles. The molecule has 0 aliphatic carbocycles. The van der Waals surface area contributed by atoms with E-state index in [4.69, 9.17) is 10.5 Å². The molecule has 1 aliphatic rings. The summed E-state index contributed by atoms with van der Waals surface area (Å²) in [6.45, 7) is 12.4. The van der Waals surface area contributed by atoms with Crippen molar-refractivity contribution in [3.63, 3.8) is 0 Å². The third-order valence-corrected chi connectivity index (χ3v) is 3.39. The van der Waals surface area contributed by atoms with E-state index in [0.717, 1.165) is 18.8 Å². The number of hydrogen-bond acceptors (Lipinski definition) is 3. The summed E-state index contributed by atoms with van der Waals surface area (Å²) >= 11 is 0. The minimum atomic E-state index is -0.206. The van der Waals surface area contributed by atoms with E-state index >= 15 is 0 Å². The molecule has 106 valence electrons. The van der Waals surface area contributed by atoms with Gasteiger partial charge in [-0.05, 0) is 44.4 Å². The van der Waals surface area contributed by atoms with Gasteiger partial charge in [0.15, 0.2) is 0 Å². The Balaban J connectivity index is 2.36. The molecule has 3 nitrogen and oxygen atoms in total. The number of rotatable bonds is 3. The normalized spacial score (nSPS) is 19.3. The number of nitrogens with two attached hydrogens (primary N) is 1. The molecule has 0 saturated heterocycles. The molecule has 1 atom stereocenters. The van der Waals surface area contributed by atoms with E-state index in [0.29, 0.717) is 5.92 Å². The Labute approximate surface area is 116 Å². The molecule has 2 rings (SSSR count). The lowest BCUT2D eigenvalue weighted by molar-refractivity contribution is 0.209. The fraction of sp³-hybridized carbons (Fsp3) is 0.625. The maximum absolute atomic E-state index is 6.18. The van der Waals surface area contributed by atoms with Crippen LogP contribution in [0.3, 0.4) is 0 Å². The lowest BCUT2D eigenvalue weighted by Crippen LogP contribution is -2.49. The van der Waals surface area contributed by atoms with Crippen molar-refractivity contribution in [1.82, 2.24) is 0 Å². The number of benzene rings is 1. The van der Waals surface area contributed by atoms with E-state index in [1.165, 1.54) is 11.3 Å². The first-order chi connectivity index (χ1) is 8.76. The lowest BCUT2D eigenvalue weighted by Gasteiger charge is -2.38. The Morgan fingerprint density at radius 1 is 1.42 bits per heavy atom. The van der Waals surface area contributed by atoms with E-state index in [-0.39, 0.29) is 11.6 Å². The highest BCUT2D eigenvalue weighted by molar-refractivity contribution is 5.62. The zero-order chi connectivity index (χ0) is 14.2. The third kappa shape index (κ3) is 3.41. The van der Waals surface area contributed by atoms with Crippen LogP contribution in [0.4, 0.5) is 5.69 Å². The Hall–Kier alpha value is -1.22. The Kier molecular flexibility index (Phi) is 3.77. The summed E-state index contributed by atoms with van der Waals surface area (Å²) in [5.74, 6) is 1.50. The van der Waals surface area contributed by atoms with Crippen molar-refractivity contribution in [2.75, 3.05) is 18.0 Å². The SMILES string of the molecule is CC1CN(CC(C)(C)N)c2cc(C(C)C)ccc2O1. The first-order valence-corrected chi connectivity index (χ1v) is 7.11. The van der Waals surface area contributed by atoms with E-state index in [1.54, 1.807) is 0 Å². The third-order valence-electron chi connectivity index (χ3n) is 3.39. The molecule has 0 radical (unpaired) electrons. The second kappa shape index (κ2) is 5.04. The van der Waals surface area contributed by atoms with Crippen LogP contribution in [-0.4, -0.2) is 24.7 Å². The maximum Gasteiger partial charge on any atom is 0.143 e. The van der Waals surface area contributed by atoms with Gasteiger partial charge in [-0.3, -0.25) is 0 Å². The van der Waals surface area contributed by atoms with Crippen LogP contribution in [0.25, 0.3) is 0 Å². The molecule has 0 saturated carbocycles. The van der Waals surface area contributed by atoms with Crippen molar-refractivity contribution in [1.29, 1.82) is 0 Å². The summed E-state index contributed by atoms with van der Waals surface area (Å²) in [7, 11) is 0. The van der Waals surface area contributed by atoms with Gasteiger partial charge in [-0.2, -0.15) is 0 Å². The predicted octanol–water partition coefficient (Wildman–Crippen LogP) is 3.13. The molecule has 1 aromatic carbocycles. The first kappa shape index (κ1) is 14.2. The van der Waals surface area contributed by atoms with Crippen LogP contribution >= 0.6 is 0 Å². The van der Waals surface area contributed by atoms with Gasteiger partial charge in [-0.25, -0.2) is 0 Å². The fourth-order valence-electron chi connectivity index (χ4n) is 2.54. The van der Waals surface area contributed by atoms with Gasteiger partial charge >= 0.3 is 0 Å². The zero-order valence-corrected chi connectivity index (χ0v) is 12.7. The summed E-state index contributed by atoms with van der Waals surface area (Å²) in [5, 5.41) is 0.